The van der Waals surface area contributed by atoms with Gasteiger partial charge in [-0.2, -0.15) is 0 Å². The average molecular weight is 395 g/mol. The van der Waals surface area contributed by atoms with Crippen LogP contribution in [0.2, 0.25) is 0 Å². The SMILES string of the molecule is CC(NC(=O)OCc1ccccc1)C(=O)N1CCN(C(=O)c2ccccc2)CC1. The zero-order valence-electron chi connectivity index (χ0n) is 16.4. The number of amides is 3. The Bertz CT molecular complexity index is 834. The molecule has 1 unspecified atom stereocenters. The molecule has 1 heterocycles. The predicted molar refractivity (Wildman–Crippen MR) is 108 cm³/mol. The topological polar surface area (TPSA) is 79.0 Å². The molecule has 3 amide bonds. The molecule has 0 bridgehead atoms. The van der Waals surface area contributed by atoms with Crippen LogP contribution in [0.3, 0.4) is 0 Å². The van der Waals surface area contributed by atoms with Crippen LogP contribution < -0.4 is 5.32 Å². The highest BCUT2D eigenvalue weighted by Crippen LogP contribution is 2.10. The number of ether oxygens (including phenoxy) is 1. The van der Waals surface area contributed by atoms with Crippen LogP contribution >= 0.6 is 0 Å². The van der Waals surface area contributed by atoms with Gasteiger partial charge in [0.05, 0.1) is 0 Å². The number of alkyl carbamates (subject to hydrolysis) is 1. The zero-order valence-corrected chi connectivity index (χ0v) is 16.4. The number of hydrogen-bond donors (Lipinski definition) is 1. The summed E-state index contributed by atoms with van der Waals surface area (Å²) in [6.45, 7) is 3.57. The summed E-state index contributed by atoms with van der Waals surface area (Å²) in [4.78, 5) is 40.5. The van der Waals surface area contributed by atoms with Crippen molar-refractivity contribution in [2.45, 2.75) is 19.6 Å². The lowest BCUT2D eigenvalue weighted by Gasteiger charge is -2.36. The summed E-state index contributed by atoms with van der Waals surface area (Å²) in [5.41, 5.74) is 1.52. The predicted octanol–water partition coefficient (Wildman–Crippen LogP) is 2.29. The first-order valence-corrected chi connectivity index (χ1v) is 9.65. The van der Waals surface area contributed by atoms with E-state index in [2.05, 4.69) is 5.32 Å². The van der Waals surface area contributed by atoms with E-state index in [1.165, 1.54) is 0 Å². The van der Waals surface area contributed by atoms with Gasteiger partial charge in [0.2, 0.25) is 5.91 Å². The first-order chi connectivity index (χ1) is 14.0. The van der Waals surface area contributed by atoms with Gasteiger partial charge >= 0.3 is 6.09 Å². The lowest BCUT2D eigenvalue weighted by atomic mass is 10.1. The van der Waals surface area contributed by atoms with Crippen LogP contribution in [-0.4, -0.2) is 59.9 Å². The maximum absolute atomic E-state index is 12.6. The molecule has 3 rings (SSSR count). The smallest absolute Gasteiger partial charge is 0.408 e. The molecule has 2 aromatic rings. The van der Waals surface area contributed by atoms with Crippen molar-refractivity contribution in [1.82, 2.24) is 15.1 Å². The Labute approximate surface area is 170 Å². The molecule has 1 saturated heterocycles. The van der Waals surface area contributed by atoms with Crippen LogP contribution in [0.1, 0.15) is 22.8 Å². The number of nitrogens with zero attached hydrogens (tertiary/aromatic N) is 2. The summed E-state index contributed by atoms with van der Waals surface area (Å²) in [6, 6.07) is 17.7. The summed E-state index contributed by atoms with van der Waals surface area (Å²) < 4.78 is 5.16. The molecule has 1 N–H and O–H groups in total. The maximum atomic E-state index is 12.6. The van der Waals surface area contributed by atoms with Gasteiger partial charge in [0.25, 0.3) is 5.91 Å². The van der Waals surface area contributed by atoms with E-state index in [1.807, 2.05) is 48.5 Å². The largest absolute Gasteiger partial charge is 0.445 e. The molecule has 0 aliphatic carbocycles. The van der Waals surface area contributed by atoms with Gasteiger partial charge < -0.3 is 19.9 Å². The van der Waals surface area contributed by atoms with E-state index >= 15 is 0 Å². The molecule has 0 spiro atoms. The van der Waals surface area contributed by atoms with Gasteiger partial charge in [-0.25, -0.2) is 4.79 Å². The van der Waals surface area contributed by atoms with Crippen molar-refractivity contribution < 1.29 is 19.1 Å². The Morgan fingerprint density at radius 1 is 0.897 bits per heavy atom. The second-order valence-corrected chi connectivity index (χ2v) is 6.91. The third-order valence-corrected chi connectivity index (χ3v) is 4.82. The van der Waals surface area contributed by atoms with E-state index in [0.29, 0.717) is 31.7 Å². The fraction of sp³-hybridized carbons (Fsp3) is 0.318. The van der Waals surface area contributed by atoms with E-state index in [4.69, 9.17) is 4.74 Å². The normalized spacial score (nSPS) is 14.8. The number of carbonyl (C=O) groups is 3. The van der Waals surface area contributed by atoms with Crippen molar-refractivity contribution in [2.75, 3.05) is 26.2 Å². The van der Waals surface area contributed by atoms with Crippen LogP contribution in [-0.2, 0) is 16.1 Å². The quantitative estimate of drug-likeness (QED) is 0.843. The summed E-state index contributed by atoms with van der Waals surface area (Å²) in [6.07, 6.45) is -0.632. The van der Waals surface area contributed by atoms with E-state index in [-0.39, 0.29) is 18.4 Å². The van der Waals surface area contributed by atoms with Gasteiger partial charge in [0.1, 0.15) is 12.6 Å². The van der Waals surface area contributed by atoms with Crippen molar-refractivity contribution in [1.29, 1.82) is 0 Å². The van der Waals surface area contributed by atoms with Crippen LogP contribution in [0, 0.1) is 0 Å². The third-order valence-electron chi connectivity index (χ3n) is 4.82. The third kappa shape index (κ3) is 5.57. The van der Waals surface area contributed by atoms with Gasteiger partial charge in [-0.1, -0.05) is 48.5 Å². The minimum atomic E-state index is -0.699. The van der Waals surface area contributed by atoms with Gasteiger partial charge in [0, 0.05) is 31.7 Å². The standard InChI is InChI=1S/C22H25N3O4/c1-17(23-22(28)29-16-18-8-4-2-5-9-18)20(26)24-12-14-25(15-13-24)21(27)19-10-6-3-7-11-19/h2-11,17H,12-16H2,1H3,(H,23,28). The number of nitrogens with one attached hydrogen (secondary N) is 1. The Balaban J connectivity index is 1.43. The molecule has 0 radical (unpaired) electrons. The molecular formula is C22H25N3O4. The molecule has 152 valence electrons. The van der Waals surface area contributed by atoms with Crippen LogP contribution in [0.25, 0.3) is 0 Å². The second kappa shape index (κ2) is 9.73. The van der Waals surface area contributed by atoms with Crippen molar-refractivity contribution in [2.24, 2.45) is 0 Å². The average Bonchev–Trinajstić information content (AvgIpc) is 2.78. The fourth-order valence-corrected chi connectivity index (χ4v) is 3.17. The number of carbonyl (C=O) groups excluding carboxylic acids is 3. The minimum Gasteiger partial charge on any atom is -0.445 e. The molecule has 1 aliphatic rings. The molecule has 1 aliphatic heterocycles. The lowest BCUT2D eigenvalue weighted by molar-refractivity contribution is -0.134. The van der Waals surface area contributed by atoms with Crippen LogP contribution in [0.4, 0.5) is 4.79 Å². The fourth-order valence-electron chi connectivity index (χ4n) is 3.17. The zero-order chi connectivity index (χ0) is 20.6. The van der Waals surface area contributed by atoms with Crippen molar-refractivity contribution in [3.8, 4) is 0 Å². The van der Waals surface area contributed by atoms with Gasteiger partial charge in [-0.3, -0.25) is 9.59 Å². The molecule has 0 saturated carbocycles. The number of rotatable bonds is 5. The lowest BCUT2D eigenvalue weighted by Crippen LogP contribution is -2.55. The Morgan fingerprint density at radius 2 is 1.45 bits per heavy atom. The number of piperazine rings is 1. The van der Waals surface area contributed by atoms with E-state index in [1.54, 1.807) is 28.9 Å². The van der Waals surface area contributed by atoms with E-state index < -0.39 is 12.1 Å². The maximum Gasteiger partial charge on any atom is 0.408 e. The number of benzene rings is 2. The molecular weight excluding hydrogens is 370 g/mol. The van der Waals surface area contributed by atoms with E-state index in [9.17, 15) is 14.4 Å². The van der Waals surface area contributed by atoms with Crippen LogP contribution in [0.5, 0.6) is 0 Å². The summed E-state index contributed by atoms with van der Waals surface area (Å²) in [7, 11) is 0. The van der Waals surface area contributed by atoms with Gasteiger partial charge in [0.15, 0.2) is 0 Å². The molecule has 1 fully saturated rings. The first kappa shape index (κ1) is 20.4. The highest BCUT2D eigenvalue weighted by atomic mass is 16.5. The Hall–Kier alpha value is -3.35. The van der Waals surface area contributed by atoms with Crippen molar-refractivity contribution in [3.63, 3.8) is 0 Å². The molecule has 7 nitrogen and oxygen atoms in total. The molecule has 29 heavy (non-hydrogen) atoms. The number of hydrogen-bond acceptors (Lipinski definition) is 4. The molecule has 0 aromatic heterocycles. The summed E-state index contributed by atoms with van der Waals surface area (Å²) >= 11 is 0. The highest BCUT2D eigenvalue weighted by molar-refractivity contribution is 5.94. The molecule has 7 heteroatoms. The molecule has 2 aromatic carbocycles. The van der Waals surface area contributed by atoms with Crippen molar-refractivity contribution >= 4 is 17.9 Å². The van der Waals surface area contributed by atoms with Crippen molar-refractivity contribution in [3.05, 3.63) is 71.8 Å². The molecule has 1 atom stereocenters. The minimum absolute atomic E-state index is 0.0339. The summed E-state index contributed by atoms with van der Waals surface area (Å²) in [5.74, 6) is -0.221. The van der Waals surface area contributed by atoms with Gasteiger partial charge in [-0.05, 0) is 24.6 Å². The highest BCUT2D eigenvalue weighted by Gasteiger charge is 2.28. The van der Waals surface area contributed by atoms with Gasteiger partial charge in [-0.15, -0.1) is 0 Å². The second-order valence-electron chi connectivity index (χ2n) is 6.91. The Morgan fingerprint density at radius 3 is 2.07 bits per heavy atom. The Kier molecular flexibility index (Phi) is 6.84. The summed E-state index contributed by atoms with van der Waals surface area (Å²) in [5, 5.41) is 2.57. The monoisotopic (exact) mass is 395 g/mol. The first-order valence-electron chi connectivity index (χ1n) is 9.65. The van der Waals surface area contributed by atoms with E-state index in [0.717, 1.165) is 5.56 Å². The van der Waals surface area contributed by atoms with Crippen LogP contribution in [0.15, 0.2) is 60.7 Å².